The summed E-state index contributed by atoms with van der Waals surface area (Å²) in [4.78, 5) is 0. The maximum atomic E-state index is 5.95. The summed E-state index contributed by atoms with van der Waals surface area (Å²) in [7, 11) is 0. The van der Waals surface area contributed by atoms with E-state index in [1.54, 1.807) is 0 Å². The monoisotopic (exact) mass is 315 g/mol. The molecule has 0 aliphatic heterocycles. The van der Waals surface area contributed by atoms with Gasteiger partial charge in [-0.05, 0) is 29.3 Å². The first-order chi connectivity index (χ1) is 8.66. The lowest BCUT2D eigenvalue weighted by Gasteiger charge is -2.04. The summed E-state index contributed by atoms with van der Waals surface area (Å²) in [5.74, 6) is 0.760. The molecule has 0 atom stereocenters. The lowest BCUT2D eigenvalue weighted by atomic mass is 10.1. The van der Waals surface area contributed by atoms with E-state index in [-0.39, 0.29) is 0 Å². The van der Waals surface area contributed by atoms with E-state index in [1.165, 1.54) is 51.4 Å². The number of halogens is 1. The molecule has 0 saturated carbocycles. The smallest absolute Gasteiger partial charge is 0.136 e. The number of nitrogen functional groups attached to an aromatic ring is 1. The normalized spacial score (nSPS) is 11.1. The van der Waals surface area contributed by atoms with E-state index in [0.717, 1.165) is 22.5 Å². The van der Waals surface area contributed by atoms with E-state index in [2.05, 4.69) is 28.0 Å². The minimum Gasteiger partial charge on any atom is -0.383 e. The summed E-state index contributed by atoms with van der Waals surface area (Å²) in [6.45, 7) is 5.17. The number of aromatic nitrogens is 2. The van der Waals surface area contributed by atoms with Crippen LogP contribution in [0.4, 0.5) is 5.82 Å². The molecule has 0 unspecified atom stereocenters. The van der Waals surface area contributed by atoms with Crippen molar-refractivity contribution in [3.63, 3.8) is 0 Å². The molecule has 0 fully saturated rings. The predicted octanol–water partition coefficient (Wildman–Crippen LogP) is 4.68. The second kappa shape index (κ2) is 8.57. The zero-order chi connectivity index (χ0) is 13.4. The number of hydrogen-bond acceptors (Lipinski definition) is 2. The Kier molecular flexibility index (Phi) is 7.40. The number of nitrogens with two attached hydrogens (primary N) is 1. The number of aryl methyl sites for hydroxylation is 2. The van der Waals surface area contributed by atoms with Crippen molar-refractivity contribution in [2.24, 2.45) is 0 Å². The van der Waals surface area contributed by atoms with E-state index in [4.69, 9.17) is 5.73 Å². The van der Waals surface area contributed by atoms with Crippen LogP contribution in [0.2, 0.25) is 0 Å². The van der Waals surface area contributed by atoms with Crippen molar-refractivity contribution in [1.29, 1.82) is 0 Å². The third kappa shape index (κ3) is 5.01. The maximum absolute atomic E-state index is 5.95. The van der Waals surface area contributed by atoms with E-state index >= 15 is 0 Å². The zero-order valence-corrected chi connectivity index (χ0v) is 13.3. The highest BCUT2D eigenvalue weighted by Gasteiger charge is 2.08. The van der Waals surface area contributed by atoms with Crippen molar-refractivity contribution in [1.82, 2.24) is 9.78 Å². The number of anilines is 1. The molecule has 0 amide bonds. The van der Waals surface area contributed by atoms with Gasteiger partial charge >= 0.3 is 0 Å². The van der Waals surface area contributed by atoms with Gasteiger partial charge in [0.25, 0.3) is 0 Å². The van der Waals surface area contributed by atoms with Gasteiger partial charge in [0.15, 0.2) is 0 Å². The summed E-state index contributed by atoms with van der Waals surface area (Å²) >= 11 is 3.45. The molecule has 0 bridgehead atoms. The quantitative estimate of drug-likeness (QED) is 0.672. The second-order valence-corrected chi connectivity index (χ2v) is 5.78. The van der Waals surface area contributed by atoms with Crippen molar-refractivity contribution in [2.75, 3.05) is 5.73 Å². The minimum absolute atomic E-state index is 0.760. The molecular weight excluding hydrogens is 290 g/mol. The number of hydrogen-bond donors (Lipinski definition) is 1. The van der Waals surface area contributed by atoms with E-state index in [0.29, 0.717) is 0 Å². The summed E-state index contributed by atoms with van der Waals surface area (Å²) in [5, 5.41) is 4.41. The molecule has 0 radical (unpaired) electrons. The van der Waals surface area contributed by atoms with Crippen LogP contribution in [-0.4, -0.2) is 9.78 Å². The molecule has 1 rings (SSSR count). The number of unbranched alkanes of at least 4 members (excludes halogenated alkanes) is 7. The molecule has 4 heteroatoms. The predicted molar refractivity (Wildman–Crippen MR) is 81.7 cm³/mol. The SMILES string of the molecule is CCCCCCCCCCn1nc(C)c(Br)c1N. The topological polar surface area (TPSA) is 43.8 Å². The summed E-state index contributed by atoms with van der Waals surface area (Å²) in [5.41, 5.74) is 6.93. The van der Waals surface area contributed by atoms with Gasteiger partial charge in [-0.1, -0.05) is 51.9 Å². The van der Waals surface area contributed by atoms with Crippen LogP contribution in [0.15, 0.2) is 4.47 Å². The fourth-order valence-corrected chi connectivity index (χ4v) is 2.43. The third-order valence-corrected chi connectivity index (χ3v) is 4.29. The fraction of sp³-hybridized carbons (Fsp3) is 0.786. The summed E-state index contributed by atoms with van der Waals surface area (Å²) in [6.07, 6.45) is 10.7. The average Bonchev–Trinajstić information content (AvgIpc) is 2.60. The van der Waals surface area contributed by atoms with Crippen LogP contribution in [0.1, 0.15) is 64.0 Å². The van der Waals surface area contributed by atoms with Crippen molar-refractivity contribution in [3.8, 4) is 0 Å². The van der Waals surface area contributed by atoms with Crippen LogP contribution >= 0.6 is 15.9 Å². The molecule has 0 aliphatic carbocycles. The van der Waals surface area contributed by atoms with Gasteiger partial charge in [0, 0.05) is 6.54 Å². The Morgan fingerprint density at radius 1 is 1.06 bits per heavy atom. The first-order valence-corrected chi connectivity index (χ1v) is 7.94. The molecule has 0 aliphatic rings. The van der Waals surface area contributed by atoms with Crippen LogP contribution in [-0.2, 0) is 6.54 Å². The van der Waals surface area contributed by atoms with Gasteiger partial charge in [-0.25, -0.2) is 4.68 Å². The molecule has 104 valence electrons. The molecule has 0 spiro atoms. The molecule has 1 aromatic heterocycles. The number of rotatable bonds is 9. The first kappa shape index (κ1) is 15.5. The molecule has 1 aromatic rings. The molecular formula is C14H26BrN3. The molecule has 0 saturated heterocycles. The Balaban J connectivity index is 2.09. The van der Waals surface area contributed by atoms with Crippen molar-refractivity contribution in [2.45, 2.75) is 71.8 Å². The Hall–Kier alpha value is -0.510. The lowest BCUT2D eigenvalue weighted by molar-refractivity contribution is 0.522. The van der Waals surface area contributed by atoms with Gasteiger partial charge in [0.1, 0.15) is 5.82 Å². The summed E-state index contributed by atoms with van der Waals surface area (Å²) in [6, 6.07) is 0. The third-order valence-electron chi connectivity index (χ3n) is 3.31. The van der Waals surface area contributed by atoms with E-state index in [1.807, 2.05) is 11.6 Å². The second-order valence-electron chi connectivity index (χ2n) is 4.98. The van der Waals surface area contributed by atoms with Gasteiger partial charge < -0.3 is 5.73 Å². The largest absolute Gasteiger partial charge is 0.383 e. The average molecular weight is 316 g/mol. The molecule has 1 heterocycles. The van der Waals surface area contributed by atoms with Crippen LogP contribution in [0.25, 0.3) is 0 Å². The van der Waals surface area contributed by atoms with Gasteiger partial charge in [-0.2, -0.15) is 5.10 Å². The van der Waals surface area contributed by atoms with Crippen molar-refractivity contribution in [3.05, 3.63) is 10.2 Å². The Bertz CT molecular complexity index is 347. The first-order valence-electron chi connectivity index (χ1n) is 7.15. The molecule has 0 aromatic carbocycles. The van der Waals surface area contributed by atoms with Crippen molar-refractivity contribution < 1.29 is 0 Å². The highest BCUT2D eigenvalue weighted by molar-refractivity contribution is 9.10. The van der Waals surface area contributed by atoms with Crippen LogP contribution in [0.5, 0.6) is 0 Å². The van der Waals surface area contributed by atoms with Gasteiger partial charge in [0.05, 0.1) is 10.2 Å². The number of nitrogens with zero attached hydrogens (tertiary/aromatic N) is 2. The van der Waals surface area contributed by atoms with Gasteiger partial charge in [0.2, 0.25) is 0 Å². The highest BCUT2D eigenvalue weighted by atomic mass is 79.9. The lowest BCUT2D eigenvalue weighted by Crippen LogP contribution is -2.04. The maximum Gasteiger partial charge on any atom is 0.136 e. The Morgan fingerprint density at radius 2 is 1.61 bits per heavy atom. The van der Waals surface area contributed by atoms with Crippen LogP contribution < -0.4 is 5.73 Å². The molecule has 18 heavy (non-hydrogen) atoms. The van der Waals surface area contributed by atoms with Crippen molar-refractivity contribution >= 4 is 21.7 Å². The van der Waals surface area contributed by atoms with Gasteiger partial charge in [-0.15, -0.1) is 0 Å². The van der Waals surface area contributed by atoms with Crippen LogP contribution in [0, 0.1) is 6.92 Å². The summed E-state index contributed by atoms with van der Waals surface area (Å²) < 4.78 is 2.86. The standard InChI is InChI=1S/C14H26BrN3/c1-3-4-5-6-7-8-9-10-11-18-14(16)13(15)12(2)17-18/h3-11,16H2,1-2H3. The Labute approximate surface area is 119 Å². The van der Waals surface area contributed by atoms with E-state index < -0.39 is 0 Å². The van der Waals surface area contributed by atoms with Crippen LogP contribution in [0.3, 0.4) is 0 Å². The Morgan fingerprint density at radius 3 is 2.11 bits per heavy atom. The van der Waals surface area contributed by atoms with E-state index in [9.17, 15) is 0 Å². The molecule has 3 nitrogen and oxygen atoms in total. The molecule has 2 N–H and O–H groups in total. The van der Waals surface area contributed by atoms with Gasteiger partial charge in [-0.3, -0.25) is 0 Å². The minimum atomic E-state index is 0.760. The highest BCUT2D eigenvalue weighted by Crippen LogP contribution is 2.23. The zero-order valence-electron chi connectivity index (χ0n) is 11.7. The fourth-order valence-electron chi connectivity index (χ4n) is 2.14.